The molecule has 0 spiro atoms. The molecule has 0 aliphatic carbocycles. The van der Waals surface area contributed by atoms with Crippen molar-refractivity contribution in [3.63, 3.8) is 0 Å². The maximum absolute atomic E-state index is 11.9. The summed E-state index contributed by atoms with van der Waals surface area (Å²) in [7, 11) is 0. The SMILES string of the molecule is C#CC#COc1ccc(OC(=O)CC(=O)Oc2ccc(OCCCC)cc2)cc1. The van der Waals surface area contributed by atoms with Crippen molar-refractivity contribution in [3.05, 3.63) is 48.5 Å². The zero-order valence-electron chi connectivity index (χ0n) is 16.0. The molecule has 6 nitrogen and oxygen atoms in total. The minimum absolute atomic E-state index is 0.258. The van der Waals surface area contributed by atoms with Gasteiger partial charge in [-0.1, -0.05) is 13.3 Å². The lowest BCUT2D eigenvalue weighted by atomic mass is 10.3. The Labute approximate surface area is 169 Å². The van der Waals surface area contributed by atoms with Crippen molar-refractivity contribution in [2.75, 3.05) is 6.61 Å². The van der Waals surface area contributed by atoms with E-state index in [0.29, 0.717) is 23.9 Å². The van der Waals surface area contributed by atoms with Crippen LogP contribution >= 0.6 is 0 Å². The first kappa shape index (κ1) is 21.4. The van der Waals surface area contributed by atoms with Gasteiger partial charge in [0.25, 0.3) is 0 Å². The van der Waals surface area contributed by atoms with E-state index in [-0.39, 0.29) is 5.75 Å². The summed E-state index contributed by atoms with van der Waals surface area (Å²) in [6, 6.07) is 12.7. The van der Waals surface area contributed by atoms with E-state index in [1.807, 2.05) is 0 Å². The molecule has 0 fully saturated rings. The van der Waals surface area contributed by atoms with Crippen molar-refractivity contribution in [1.82, 2.24) is 0 Å². The molecule has 0 saturated carbocycles. The molecule has 0 saturated heterocycles. The van der Waals surface area contributed by atoms with Crippen LogP contribution in [0.25, 0.3) is 0 Å². The molecule has 29 heavy (non-hydrogen) atoms. The summed E-state index contributed by atoms with van der Waals surface area (Å²) in [4.78, 5) is 23.8. The van der Waals surface area contributed by atoms with E-state index in [9.17, 15) is 9.59 Å². The fourth-order valence-electron chi connectivity index (χ4n) is 2.08. The molecule has 0 N–H and O–H groups in total. The third-order valence-electron chi connectivity index (χ3n) is 3.46. The first-order valence-electron chi connectivity index (χ1n) is 8.97. The summed E-state index contributed by atoms with van der Waals surface area (Å²) in [5.74, 6) is 4.67. The Morgan fingerprint density at radius 2 is 1.38 bits per heavy atom. The predicted octanol–water partition coefficient (Wildman–Crippen LogP) is 3.74. The first-order chi connectivity index (χ1) is 14.1. The number of benzene rings is 2. The van der Waals surface area contributed by atoms with Gasteiger partial charge in [-0.15, -0.1) is 6.42 Å². The zero-order chi connectivity index (χ0) is 20.9. The number of rotatable bonds is 9. The molecule has 2 aromatic rings. The van der Waals surface area contributed by atoms with Crippen molar-refractivity contribution >= 4 is 11.9 Å². The van der Waals surface area contributed by atoms with Crippen molar-refractivity contribution in [3.8, 4) is 47.4 Å². The minimum Gasteiger partial charge on any atom is -0.494 e. The van der Waals surface area contributed by atoms with Gasteiger partial charge in [0.2, 0.25) is 0 Å². The highest BCUT2D eigenvalue weighted by Gasteiger charge is 2.14. The fourth-order valence-corrected chi connectivity index (χ4v) is 2.08. The number of carbonyl (C=O) groups is 2. The van der Waals surface area contributed by atoms with E-state index in [2.05, 4.69) is 24.9 Å². The summed E-state index contributed by atoms with van der Waals surface area (Å²) >= 11 is 0. The average Bonchev–Trinajstić information content (AvgIpc) is 2.71. The smallest absolute Gasteiger partial charge is 0.322 e. The molecular weight excluding hydrogens is 372 g/mol. The summed E-state index contributed by atoms with van der Waals surface area (Å²) < 4.78 is 20.8. The molecule has 6 heteroatoms. The predicted molar refractivity (Wildman–Crippen MR) is 106 cm³/mol. The van der Waals surface area contributed by atoms with Gasteiger partial charge >= 0.3 is 11.9 Å². The first-order valence-corrected chi connectivity index (χ1v) is 8.97. The standard InChI is InChI=1S/C23H20O6/c1-3-5-15-26-18-7-11-20(12-8-18)28-22(24)17-23(25)29-21-13-9-19(10-14-21)27-16-6-4-2/h1,7-14H,4,6,16-17H2,2H3. The number of ether oxygens (including phenoxy) is 4. The molecule has 2 rings (SSSR count). The molecule has 0 radical (unpaired) electrons. The number of unbranched alkanes of at least 4 members (excludes halogenated alkanes) is 1. The van der Waals surface area contributed by atoms with E-state index in [4.69, 9.17) is 25.4 Å². The van der Waals surface area contributed by atoms with Crippen molar-refractivity contribution in [1.29, 1.82) is 0 Å². The number of hydrogen-bond donors (Lipinski definition) is 0. The van der Waals surface area contributed by atoms with Gasteiger partial charge in [0.1, 0.15) is 35.5 Å². The highest BCUT2D eigenvalue weighted by Crippen LogP contribution is 2.20. The van der Waals surface area contributed by atoms with Gasteiger partial charge < -0.3 is 18.9 Å². The van der Waals surface area contributed by atoms with Gasteiger partial charge in [0.05, 0.1) is 6.61 Å². The number of hydrogen-bond acceptors (Lipinski definition) is 6. The quantitative estimate of drug-likeness (QED) is 0.213. The molecule has 0 atom stereocenters. The van der Waals surface area contributed by atoms with Crippen LogP contribution in [0.5, 0.6) is 23.0 Å². The van der Waals surface area contributed by atoms with E-state index in [1.165, 1.54) is 12.1 Å². The third kappa shape index (κ3) is 8.11. The summed E-state index contributed by atoms with van der Waals surface area (Å²) in [5.41, 5.74) is 0. The molecule has 0 aliphatic rings. The molecule has 0 aromatic heterocycles. The molecule has 2 aromatic carbocycles. The maximum atomic E-state index is 11.9. The lowest BCUT2D eigenvalue weighted by molar-refractivity contribution is -0.144. The molecular formula is C23H20O6. The molecule has 0 amide bonds. The highest BCUT2D eigenvalue weighted by molar-refractivity contribution is 5.93. The van der Waals surface area contributed by atoms with Crippen LogP contribution in [0.3, 0.4) is 0 Å². The van der Waals surface area contributed by atoms with Crippen LogP contribution in [0, 0.1) is 24.4 Å². The van der Waals surface area contributed by atoms with Crippen molar-refractivity contribution in [2.24, 2.45) is 0 Å². The Balaban J connectivity index is 1.78. The number of carbonyl (C=O) groups excluding carboxylic acids is 2. The second kappa shape index (κ2) is 11.7. The molecule has 0 bridgehead atoms. The van der Waals surface area contributed by atoms with Crippen LogP contribution in [-0.2, 0) is 9.59 Å². The summed E-state index contributed by atoms with van der Waals surface area (Å²) in [5, 5.41) is 0. The lowest BCUT2D eigenvalue weighted by Crippen LogP contribution is -2.18. The van der Waals surface area contributed by atoms with E-state index >= 15 is 0 Å². The highest BCUT2D eigenvalue weighted by atomic mass is 16.6. The Hall–Kier alpha value is -3.90. The van der Waals surface area contributed by atoms with Crippen LogP contribution in [0.15, 0.2) is 48.5 Å². The van der Waals surface area contributed by atoms with Crippen molar-refractivity contribution < 1.29 is 28.5 Å². The Morgan fingerprint density at radius 3 is 1.90 bits per heavy atom. The van der Waals surface area contributed by atoms with Crippen LogP contribution in [0.4, 0.5) is 0 Å². The van der Waals surface area contributed by atoms with Crippen LogP contribution < -0.4 is 18.9 Å². The van der Waals surface area contributed by atoms with Crippen LogP contribution in [0.1, 0.15) is 26.2 Å². The van der Waals surface area contributed by atoms with Crippen molar-refractivity contribution in [2.45, 2.75) is 26.2 Å². The number of terminal acetylenes is 1. The second-order valence-electron chi connectivity index (χ2n) is 5.74. The van der Waals surface area contributed by atoms with Gasteiger partial charge in [0, 0.05) is 5.92 Å². The monoisotopic (exact) mass is 392 g/mol. The average molecular weight is 392 g/mol. The van der Waals surface area contributed by atoms with Gasteiger partial charge in [-0.2, -0.15) is 0 Å². The third-order valence-corrected chi connectivity index (χ3v) is 3.46. The van der Waals surface area contributed by atoms with E-state index in [0.717, 1.165) is 12.8 Å². The molecule has 148 valence electrons. The second-order valence-corrected chi connectivity index (χ2v) is 5.74. The van der Waals surface area contributed by atoms with E-state index in [1.54, 1.807) is 36.4 Å². The minimum atomic E-state index is -0.740. The lowest BCUT2D eigenvalue weighted by Gasteiger charge is -2.08. The topological polar surface area (TPSA) is 71.1 Å². The van der Waals surface area contributed by atoms with Crippen LogP contribution in [-0.4, -0.2) is 18.5 Å². The van der Waals surface area contributed by atoms with Gasteiger partial charge in [-0.25, -0.2) is 0 Å². The fraction of sp³-hybridized carbons (Fsp3) is 0.217. The summed E-state index contributed by atoms with van der Waals surface area (Å²) in [6.45, 7) is 2.71. The maximum Gasteiger partial charge on any atom is 0.322 e. The Kier molecular flexibility index (Phi) is 8.66. The normalized spacial score (nSPS) is 9.38. The van der Waals surface area contributed by atoms with Crippen LogP contribution in [0.2, 0.25) is 0 Å². The van der Waals surface area contributed by atoms with Gasteiger partial charge in [-0.3, -0.25) is 9.59 Å². The van der Waals surface area contributed by atoms with E-state index < -0.39 is 18.4 Å². The molecule has 0 aliphatic heterocycles. The number of esters is 2. The molecule has 0 heterocycles. The Morgan fingerprint density at radius 1 is 0.862 bits per heavy atom. The van der Waals surface area contributed by atoms with Gasteiger partial charge in [0.15, 0.2) is 0 Å². The van der Waals surface area contributed by atoms with Gasteiger partial charge in [-0.05, 0) is 60.9 Å². The largest absolute Gasteiger partial charge is 0.494 e. The summed E-state index contributed by atoms with van der Waals surface area (Å²) in [6.07, 6.45) is 8.78. The molecule has 0 unspecified atom stereocenters. The Bertz CT molecular complexity index is 911. The zero-order valence-corrected chi connectivity index (χ0v) is 16.0.